The van der Waals surface area contributed by atoms with Gasteiger partial charge in [-0.15, -0.1) is 0 Å². The van der Waals surface area contributed by atoms with Crippen LogP contribution in [0.3, 0.4) is 0 Å². The van der Waals surface area contributed by atoms with Gasteiger partial charge in [0.2, 0.25) is 15.9 Å². The van der Waals surface area contributed by atoms with Crippen molar-refractivity contribution in [3.63, 3.8) is 0 Å². The standard InChI is InChI=1S/C19H22F2N2O5S2/c1-12(14-5-8-16(9-6-14)29(3,25)26)22-19(24)13(2)23(30(4,27)28)15-7-10-17(20)18(21)11-15/h5-13H,1-4H3,(H,22,24)/t12-,13-/m0/s1. The van der Waals surface area contributed by atoms with Crippen LogP contribution in [0.4, 0.5) is 14.5 Å². The molecule has 2 aromatic rings. The third-order valence-electron chi connectivity index (χ3n) is 4.41. The van der Waals surface area contributed by atoms with Gasteiger partial charge in [-0.25, -0.2) is 25.6 Å². The van der Waals surface area contributed by atoms with E-state index in [0.717, 1.165) is 24.6 Å². The fraction of sp³-hybridized carbons (Fsp3) is 0.316. The minimum Gasteiger partial charge on any atom is -0.348 e. The van der Waals surface area contributed by atoms with E-state index >= 15 is 0 Å². The van der Waals surface area contributed by atoms with E-state index in [2.05, 4.69) is 5.32 Å². The molecule has 0 bridgehead atoms. The summed E-state index contributed by atoms with van der Waals surface area (Å²) in [6.45, 7) is 2.96. The van der Waals surface area contributed by atoms with Gasteiger partial charge in [0.15, 0.2) is 21.5 Å². The first kappa shape index (κ1) is 23.7. The summed E-state index contributed by atoms with van der Waals surface area (Å²) in [6.07, 6.45) is 1.93. The molecular weight excluding hydrogens is 438 g/mol. The number of nitrogens with one attached hydrogen (secondary N) is 1. The minimum absolute atomic E-state index is 0.125. The molecule has 1 amide bonds. The van der Waals surface area contributed by atoms with Gasteiger partial charge in [-0.05, 0) is 43.7 Å². The van der Waals surface area contributed by atoms with Gasteiger partial charge in [-0.2, -0.15) is 0 Å². The van der Waals surface area contributed by atoms with Crippen molar-refractivity contribution in [3.05, 3.63) is 59.7 Å². The molecule has 2 rings (SSSR count). The summed E-state index contributed by atoms with van der Waals surface area (Å²) < 4.78 is 75.1. The average Bonchev–Trinajstić information content (AvgIpc) is 2.63. The van der Waals surface area contributed by atoms with Crippen molar-refractivity contribution in [1.82, 2.24) is 5.32 Å². The number of carbonyl (C=O) groups is 1. The first-order chi connectivity index (χ1) is 13.7. The molecule has 0 spiro atoms. The van der Waals surface area contributed by atoms with Gasteiger partial charge in [0, 0.05) is 12.3 Å². The molecule has 164 valence electrons. The molecule has 0 saturated carbocycles. The third kappa shape index (κ3) is 5.54. The Kier molecular flexibility index (Phi) is 6.87. The summed E-state index contributed by atoms with van der Waals surface area (Å²) in [5.74, 6) is -3.06. The summed E-state index contributed by atoms with van der Waals surface area (Å²) in [7, 11) is -7.36. The molecule has 11 heteroatoms. The smallest absolute Gasteiger partial charge is 0.244 e. The van der Waals surface area contributed by atoms with Gasteiger partial charge in [0.1, 0.15) is 6.04 Å². The van der Waals surface area contributed by atoms with E-state index in [1.807, 2.05) is 0 Å². The number of nitrogens with zero attached hydrogens (tertiary/aromatic N) is 1. The highest BCUT2D eigenvalue weighted by Crippen LogP contribution is 2.24. The topological polar surface area (TPSA) is 101 Å². The fourth-order valence-corrected chi connectivity index (χ4v) is 4.65. The number of halogens is 2. The predicted molar refractivity (Wildman–Crippen MR) is 109 cm³/mol. The van der Waals surface area contributed by atoms with Crippen LogP contribution < -0.4 is 9.62 Å². The molecule has 0 heterocycles. The maximum absolute atomic E-state index is 13.6. The summed E-state index contributed by atoms with van der Waals surface area (Å²) >= 11 is 0. The van der Waals surface area contributed by atoms with E-state index in [1.165, 1.54) is 31.2 Å². The molecule has 0 aliphatic heterocycles. The monoisotopic (exact) mass is 460 g/mol. The number of sulfone groups is 1. The highest BCUT2D eigenvalue weighted by atomic mass is 32.2. The SMILES string of the molecule is C[C@H](NC(=O)[C@H](C)N(c1ccc(F)c(F)c1)S(C)(=O)=O)c1ccc(S(C)(=O)=O)cc1. The van der Waals surface area contributed by atoms with Gasteiger partial charge in [0.25, 0.3) is 0 Å². The predicted octanol–water partition coefficient (Wildman–Crippen LogP) is 2.40. The highest BCUT2D eigenvalue weighted by Gasteiger charge is 2.30. The maximum atomic E-state index is 13.6. The molecule has 0 aromatic heterocycles. The second-order valence-corrected chi connectivity index (χ2v) is 10.8. The molecule has 2 aromatic carbocycles. The van der Waals surface area contributed by atoms with Crippen molar-refractivity contribution in [2.75, 3.05) is 16.8 Å². The van der Waals surface area contributed by atoms with E-state index in [0.29, 0.717) is 15.9 Å². The largest absolute Gasteiger partial charge is 0.348 e. The summed E-state index contributed by atoms with van der Waals surface area (Å²) in [6, 6.07) is 6.60. The number of carbonyl (C=O) groups excluding carboxylic acids is 1. The van der Waals surface area contributed by atoms with Crippen LogP contribution in [0.1, 0.15) is 25.5 Å². The lowest BCUT2D eigenvalue weighted by atomic mass is 10.1. The number of hydrogen-bond donors (Lipinski definition) is 1. The first-order valence-corrected chi connectivity index (χ1v) is 12.5. The lowest BCUT2D eigenvalue weighted by Crippen LogP contribution is -2.48. The van der Waals surface area contributed by atoms with Gasteiger partial charge < -0.3 is 5.32 Å². The highest BCUT2D eigenvalue weighted by molar-refractivity contribution is 7.92. The van der Waals surface area contributed by atoms with E-state index in [9.17, 15) is 30.4 Å². The average molecular weight is 461 g/mol. The Hall–Kier alpha value is -2.53. The number of benzene rings is 2. The Labute approximate surface area is 174 Å². The first-order valence-electron chi connectivity index (χ1n) is 8.76. The fourth-order valence-electron chi connectivity index (χ4n) is 2.85. The van der Waals surface area contributed by atoms with Crippen LogP contribution in [0, 0.1) is 11.6 Å². The number of anilines is 1. The van der Waals surface area contributed by atoms with Gasteiger partial charge in [-0.3, -0.25) is 9.10 Å². The minimum atomic E-state index is -4.00. The third-order valence-corrected chi connectivity index (χ3v) is 6.78. The quantitative estimate of drug-likeness (QED) is 0.684. The summed E-state index contributed by atoms with van der Waals surface area (Å²) in [5, 5.41) is 2.64. The molecule has 30 heavy (non-hydrogen) atoms. The summed E-state index contributed by atoms with van der Waals surface area (Å²) in [4.78, 5) is 12.8. The number of amides is 1. The van der Waals surface area contributed by atoms with Crippen LogP contribution in [0.2, 0.25) is 0 Å². The van der Waals surface area contributed by atoms with Crippen LogP contribution in [0.25, 0.3) is 0 Å². The van der Waals surface area contributed by atoms with Crippen molar-refractivity contribution in [1.29, 1.82) is 0 Å². The van der Waals surface area contributed by atoms with Crippen LogP contribution in [0.5, 0.6) is 0 Å². The lowest BCUT2D eigenvalue weighted by Gasteiger charge is -2.29. The Bertz CT molecular complexity index is 1150. The molecule has 0 aliphatic carbocycles. The Morgan fingerprint density at radius 3 is 1.97 bits per heavy atom. The molecule has 2 atom stereocenters. The van der Waals surface area contributed by atoms with Gasteiger partial charge in [-0.1, -0.05) is 12.1 Å². The molecule has 0 fully saturated rings. The van der Waals surface area contributed by atoms with Gasteiger partial charge >= 0.3 is 0 Å². The molecule has 0 unspecified atom stereocenters. The zero-order valence-electron chi connectivity index (χ0n) is 16.8. The number of rotatable bonds is 7. The van der Waals surface area contributed by atoms with E-state index in [4.69, 9.17) is 0 Å². The van der Waals surface area contributed by atoms with Crippen LogP contribution in [0.15, 0.2) is 47.4 Å². The Morgan fingerprint density at radius 2 is 1.50 bits per heavy atom. The molecule has 0 radical (unpaired) electrons. The second-order valence-electron chi connectivity index (χ2n) is 6.90. The van der Waals surface area contributed by atoms with Crippen molar-refractivity contribution in [2.24, 2.45) is 0 Å². The lowest BCUT2D eigenvalue weighted by molar-refractivity contribution is -0.122. The van der Waals surface area contributed by atoms with Gasteiger partial charge in [0.05, 0.1) is 22.9 Å². The van der Waals surface area contributed by atoms with E-state index in [-0.39, 0.29) is 10.6 Å². The van der Waals surface area contributed by atoms with Crippen molar-refractivity contribution >= 4 is 31.5 Å². The number of hydrogen-bond acceptors (Lipinski definition) is 5. The Morgan fingerprint density at radius 1 is 0.933 bits per heavy atom. The van der Waals surface area contributed by atoms with Crippen molar-refractivity contribution < 1.29 is 30.4 Å². The van der Waals surface area contributed by atoms with Crippen LogP contribution in [-0.4, -0.2) is 41.3 Å². The van der Waals surface area contributed by atoms with Crippen LogP contribution in [-0.2, 0) is 24.7 Å². The van der Waals surface area contributed by atoms with Crippen LogP contribution >= 0.6 is 0 Å². The molecule has 0 saturated heterocycles. The zero-order chi connectivity index (χ0) is 22.9. The zero-order valence-corrected chi connectivity index (χ0v) is 18.4. The van der Waals surface area contributed by atoms with E-state index in [1.54, 1.807) is 6.92 Å². The normalized spacial score (nSPS) is 14.1. The Balaban J connectivity index is 2.25. The molecule has 7 nitrogen and oxygen atoms in total. The number of sulfonamides is 1. The van der Waals surface area contributed by atoms with Crippen molar-refractivity contribution in [2.45, 2.75) is 30.8 Å². The maximum Gasteiger partial charge on any atom is 0.244 e. The second kappa shape index (κ2) is 8.68. The molecule has 1 N–H and O–H groups in total. The van der Waals surface area contributed by atoms with E-state index < -0.39 is 49.5 Å². The molecular formula is C19H22F2N2O5S2. The summed E-state index contributed by atoms with van der Waals surface area (Å²) in [5.41, 5.74) is 0.408. The molecule has 0 aliphatic rings. The van der Waals surface area contributed by atoms with Crippen molar-refractivity contribution in [3.8, 4) is 0 Å².